The van der Waals surface area contributed by atoms with E-state index in [2.05, 4.69) is 17.1 Å². The number of likely N-dealkylation sites (tertiary alicyclic amines) is 1. The van der Waals surface area contributed by atoms with E-state index in [0.29, 0.717) is 6.54 Å². The van der Waals surface area contributed by atoms with Crippen LogP contribution in [0.4, 0.5) is 5.69 Å². The van der Waals surface area contributed by atoms with Gasteiger partial charge in [0.2, 0.25) is 5.91 Å². The largest absolute Gasteiger partial charge is 0.491 e. The number of nitrogens with zero attached hydrogens (tertiary/aromatic N) is 1. The van der Waals surface area contributed by atoms with Crippen molar-refractivity contribution in [3.05, 3.63) is 24.3 Å². The van der Waals surface area contributed by atoms with Crippen LogP contribution in [0.15, 0.2) is 24.3 Å². The van der Waals surface area contributed by atoms with Gasteiger partial charge in [-0.05, 0) is 51.4 Å². The van der Waals surface area contributed by atoms with Crippen LogP contribution in [0.25, 0.3) is 0 Å². The van der Waals surface area contributed by atoms with Crippen LogP contribution in [-0.2, 0) is 4.79 Å². The third-order valence-electron chi connectivity index (χ3n) is 3.85. The quantitative estimate of drug-likeness (QED) is 0.874. The van der Waals surface area contributed by atoms with E-state index in [1.165, 1.54) is 19.3 Å². The second-order valence-electron chi connectivity index (χ2n) is 5.75. The molecule has 1 heterocycles. The second-order valence-corrected chi connectivity index (χ2v) is 5.75. The van der Waals surface area contributed by atoms with Gasteiger partial charge in [0.1, 0.15) is 5.75 Å². The monoisotopic (exact) mass is 290 g/mol. The minimum atomic E-state index is 0.0533. The second kappa shape index (κ2) is 8.03. The number of carbonyl (C=O) groups excluding carboxylic acids is 1. The van der Waals surface area contributed by atoms with Crippen molar-refractivity contribution in [2.24, 2.45) is 0 Å². The van der Waals surface area contributed by atoms with Crippen LogP contribution in [-0.4, -0.2) is 36.5 Å². The zero-order valence-electron chi connectivity index (χ0n) is 13.1. The molecule has 0 radical (unpaired) electrons. The molecule has 0 aliphatic carbocycles. The topological polar surface area (TPSA) is 41.6 Å². The first kappa shape index (κ1) is 15.8. The highest BCUT2D eigenvalue weighted by Gasteiger charge is 2.14. The summed E-state index contributed by atoms with van der Waals surface area (Å²) in [6.45, 7) is 6.68. The molecule has 1 unspecified atom stereocenters. The van der Waals surface area contributed by atoms with Crippen molar-refractivity contribution in [2.75, 3.05) is 25.0 Å². The number of anilines is 1. The smallest absolute Gasteiger partial charge is 0.238 e. The van der Waals surface area contributed by atoms with Crippen LogP contribution < -0.4 is 10.1 Å². The summed E-state index contributed by atoms with van der Waals surface area (Å²) in [6.07, 6.45) is 4.83. The number of rotatable bonds is 6. The lowest BCUT2D eigenvalue weighted by Gasteiger charge is -2.25. The summed E-state index contributed by atoms with van der Waals surface area (Å²) in [4.78, 5) is 14.3. The Morgan fingerprint density at radius 1 is 1.33 bits per heavy atom. The van der Waals surface area contributed by atoms with E-state index in [1.54, 1.807) is 0 Å². The summed E-state index contributed by atoms with van der Waals surface area (Å²) < 4.78 is 5.77. The Hall–Kier alpha value is -1.55. The van der Waals surface area contributed by atoms with Crippen molar-refractivity contribution in [3.63, 3.8) is 0 Å². The van der Waals surface area contributed by atoms with Crippen molar-refractivity contribution in [1.82, 2.24) is 4.90 Å². The highest BCUT2D eigenvalue weighted by Crippen LogP contribution is 2.19. The van der Waals surface area contributed by atoms with E-state index in [-0.39, 0.29) is 12.0 Å². The lowest BCUT2D eigenvalue weighted by molar-refractivity contribution is -0.117. The van der Waals surface area contributed by atoms with E-state index in [4.69, 9.17) is 4.74 Å². The maximum atomic E-state index is 12.1. The number of ether oxygens (including phenoxy) is 1. The fourth-order valence-corrected chi connectivity index (χ4v) is 2.48. The van der Waals surface area contributed by atoms with Gasteiger partial charge in [-0.3, -0.25) is 9.69 Å². The first-order valence-electron chi connectivity index (χ1n) is 7.96. The highest BCUT2D eigenvalue weighted by molar-refractivity contribution is 5.92. The van der Waals surface area contributed by atoms with Gasteiger partial charge in [0.15, 0.2) is 0 Å². The first-order chi connectivity index (χ1) is 10.2. The van der Waals surface area contributed by atoms with Crippen molar-refractivity contribution < 1.29 is 9.53 Å². The lowest BCUT2D eigenvalue weighted by atomic mass is 10.1. The van der Waals surface area contributed by atoms with E-state index < -0.39 is 0 Å². The number of hydrogen-bond donors (Lipinski definition) is 1. The molecule has 1 aliphatic heterocycles. The van der Waals surface area contributed by atoms with Crippen LogP contribution in [0.2, 0.25) is 0 Å². The highest BCUT2D eigenvalue weighted by atomic mass is 16.5. The van der Waals surface area contributed by atoms with Crippen LogP contribution in [0.3, 0.4) is 0 Å². The minimum absolute atomic E-state index is 0.0533. The fraction of sp³-hybridized carbons (Fsp3) is 0.588. The first-order valence-corrected chi connectivity index (χ1v) is 7.96. The molecule has 1 amide bonds. The Morgan fingerprint density at radius 3 is 2.81 bits per heavy atom. The summed E-state index contributed by atoms with van der Waals surface area (Å²) in [5.74, 6) is 0.859. The molecule has 0 spiro atoms. The Labute approximate surface area is 127 Å². The number of amides is 1. The van der Waals surface area contributed by atoms with Gasteiger partial charge < -0.3 is 10.1 Å². The van der Waals surface area contributed by atoms with Gasteiger partial charge in [0, 0.05) is 11.8 Å². The number of nitrogens with one attached hydrogen (secondary N) is 1. The molecule has 4 nitrogen and oxygen atoms in total. The number of benzene rings is 1. The average molecular weight is 290 g/mol. The Kier molecular flexibility index (Phi) is 6.05. The molecular formula is C17H26N2O2. The summed E-state index contributed by atoms with van der Waals surface area (Å²) in [6, 6.07) is 7.62. The van der Waals surface area contributed by atoms with Gasteiger partial charge in [0.25, 0.3) is 0 Å². The SMILES string of the molecule is CCC(C)Oc1cccc(NC(=O)CN2CCCCC2)c1. The molecule has 1 fully saturated rings. The molecule has 0 bridgehead atoms. The number of hydrogen-bond acceptors (Lipinski definition) is 3. The van der Waals surface area contributed by atoms with Crippen molar-refractivity contribution in [2.45, 2.75) is 45.6 Å². The van der Waals surface area contributed by atoms with E-state index in [9.17, 15) is 4.79 Å². The maximum Gasteiger partial charge on any atom is 0.238 e. The third kappa shape index (κ3) is 5.38. The number of piperidine rings is 1. The molecule has 0 saturated carbocycles. The van der Waals surface area contributed by atoms with Gasteiger partial charge in [-0.25, -0.2) is 0 Å². The van der Waals surface area contributed by atoms with Gasteiger partial charge in [-0.1, -0.05) is 19.4 Å². The van der Waals surface area contributed by atoms with Crippen LogP contribution in [0, 0.1) is 0 Å². The van der Waals surface area contributed by atoms with Crippen molar-refractivity contribution in [3.8, 4) is 5.75 Å². The van der Waals surface area contributed by atoms with Gasteiger partial charge in [-0.15, -0.1) is 0 Å². The molecule has 1 N–H and O–H groups in total. The van der Waals surface area contributed by atoms with E-state index in [1.807, 2.05) is 31.2 Å². The molecule has 1 aromatic carbocycles. The molecule has 4 heteroatoms. The Balaban J connectivity index is 1.86. The minimum Gasteiger partial charge on any atom is -0.491 e. The van der Waals surface area contributed by atoms with Gasteiger partial charge in [-0.2, -0.15) is 0 Å². The normalized spacial score (nSPS) is 17.2. The lowest BCUT2D eigenvalue weighted by Crippen LogP contribution is -2.36. The van der Waals surface area contributed by atoms with E-state index in [0.717, 1.165) is 30.9 Å². The van der Waals surface area contributed by atoms with Crippen LogP contribution in [0.1, 0.15) is 39.5 Å². The molecule has 1 saturated heterocycles. The summed E-state index contributed by atoms with van der Waals surface area (Å²) in [5, 5.41) is 2.96. The van der Waals surface area contributed by atoms with Crippen LogP contribution >= 0.6 is 0 Å². The number of carbonyl (C=O) groups is 1. The zero-order valence-corrected chi connectivity index (χ0v) is 13.1. The standard InChI is InChI=1S/C17H26N2O2/c1-3-14(2)21-16-9-7-8-15(12-16)18-17(20)13-19-10-5-4-6-11-19/h7-9,12,14H,3-6,10-11,13H2,1-2H3,(H,18,20). The molecular weight excluding hydrogens is 264 g/mol. The average Bonchev–Trinajstić information content (AvgIpc) is 2.48. The van der Waals surface area contributed by atoms with Crippen molar-refractivity contribution in [1.29, 1.82) is 0 Å². The zero-order chi connectivity index (χ0) is 15.1. The summed E-state index contributed by atoms with van der Waals surface area (Å²) >= 11 is 0. The molecule has 21 heavy (non-hydrogen) atoms. The van der Waals surface area contributed by atoms with E-state index >= 15 is 0 Å². The molecule has 116 valence electrons. The molecule has 1 aromatic rings. The van der Waals surface area contributed by atoms with Crippen LogP contribution in [0.5, 0.6) is 5.75 Å². The molecule has 2 rings (SSSR count). The molecule has 1 aliphatic rings. The summed E-state index contributed by atoms with van der Waals surface area (Å²) in [7, 11) is 0. The van der Waals surface area contributed by atoms with Gasteiger partial charge >= 0.3 is 0 Å². The molecule has 0 aromatic heterocycles. The maximum absolute atomic E-state index is 12.1. The fourth-order valence-electron chi connectivity index (χ4n) is 2.48. The summed E-state index contributed by atoms with van der Waals surface area (Å²) in [5.41, 5.74) is 0.804. The predicted octanol–water partition coefficient (Wildman–Crippen LogP) is 3.29. The van der Waals surface area contributed by atoms with Gasteiger partial charge in [0.05, 0.1) is 12.6 Å². The Morgan fingerprint density at radius 2 is 2.10 bits per heavy atom. The Bertz CT molecular complexity index is 456. The third-order valence-corrected chi connectivity index (χ3v) is 3.85. The molecule has 1 atom stereocenters. The predicted molar refractivity (Wildman–Crippen MR) is 85.7 cm³/mol. The van der Waals surface area contributed by atoms with Crippen molar-refractivity contribution >= 4 is 11.6 Å².